The first kappa shape index (κ1) is 17.8. The molecule has 1 aliphatic rings. The molecule has 1 aromatic carbocycles. The van der Waals surface area contributed by atoms with Crippen molar-refractivity contribution in [1.82, 2.24) is 5.32 Å². The van der Waals surface area contributed by atoms with Crippen LogP contribution in [0.25, 0.3) is 0 Å². The molecule has 1 aliphatic carbocycles. The van der Waals surface area contributed by atoms with Crippen LogP contribution in [0.5, 0.6) is 0 Å². The van der Waals surface area contributed by atoms with Crippen molar-refractivity contribution in [3.8, 4) is 0 Å². The van der Waals surface area contributed by atoms with Gasteiger partial charge >= 0.3 is 0 Å². The van der Waals surface area contributed by atoms with Crippen LogP contribution in [0.2, 0.25) is 0 Å². The van der Waals surface area contributed by atoms with E-state index in [0.29, 0.717) is 12.0 Å². The fourth-order valence-electron chi connectivity index (χ4n) is 4.04. The van der Waals surface area contributed by atoms with Crippen molar-refractivity contribution < 1.29 is 0 Å². The molecule has 2 rings (SSSR count). The molecule has 0 saturated heterocycles. The third kappa shape index (κ3) is 4.26. The number of likely N-dealkylation sites (N-methyl/N-ethyl adjacent to an activating group) is 1. The van der Waals surface area contributed by atoms with Crippen molar-refractivity contribution in [2.75, 3.05) is 25.0 Å². The van der Waals surface area contributed by atoms with Gasteiger partial charge in [0.15, 0.2) is 0 Å². The quantitative estimate of drug-likeness (QED) is 0.858. The zero-order valence-corrected chi connectivity index (χ0v) is 15.8. The highest BCUT2D eigenvalue weighted by atomic mass is 15.1. The Morgan fingerprint density at radius 2 is 1.65 bits per heavy atom. The average molecular weight is 313 g/mol. The zero-order valence-electron chi connectivity index (χ0n) is 15.8. The lowest BCUT2D eigenvalue weighted by atomic mass is 9.88. The maximum absolute atomic E-state index is 3.74. The lowest BCUT2D eigenvalue weighted by molar-refractivity contribution is 0.476. The summed E-state index contributed by atoms with van der Waals surface area (Å²) in [5.41, 5.74) is 8.28. The number of benzene rings is 1. The van der Waals surface area contributed by atoms with Crippen LogP contribution in [0.15, 0.2) is 35.4 Å². The van der Waals surface area contributed by atoms with E-state index in [9.17, 15) is 0 Å². The number of anilines is 1. The molecule has 2 nitrogen and oxygen atoms in total. The molecule has 0 radical (unpaired) electrons. The number of nitrogens with zero attached hydrogens (tertiary/aromatic N) is 1. The molecule has 0 bridgehead atoms. The van der Waals surface area contributed by atoms with Crippen LogP contribution in [-0.4, -0.2) is 26.2 Å². The number of nitrogens with one attached hydrogen (secondary N) is 1. The van der Waals surface area contributed by atoms with Gasteiger partial charge in [0.1, 0.15) is 0 Å². The molecule has 1 aromatic rings. The van der Waals surface area contributed by atoms with E-state index in [1.165, 1.54) is 33.5 Å². The topological polar surface area (TPSA) is 15.3 Å². The summed E-state index contributed by atoms with van der Waals surface area (Å²) in [6, 6.07) is 5.01. The molecule has 0 spiro atoms. The second-order valence-electron chi connectivity index (χ2n) is 7.26. The standard InChI is InChI=1S/C21H32N2/c1-14-10-16(3)20(17(4)11-14)22-8-9-23(7)21-18(5)12-15(2)13-19(21)6/h10-13,16,20,22H,8-9H2,1-7H3. The highest BCUT2D eigenvalue weighted by Gasteiger charge is 2.20. The van der Waals surface area contributed by atoms with Gasteiger partial charge in [-0.1, -0.05) is 47.9 Å². The molecular weight excluding hydrogens is 280 g/mol. The molecule has 2 atom stereocenters. The molecule has 0 aliphatic heterocycles. The van der Waals surface area contributed by atoms with E-state index in [4.69, 9.17) is 0 Å². The number of rotatable bonds is 5. The molecule has 0 fully saturated rings. The van der Waals surface area contributed by atoms with Crippen LogP contribution < -0.4 is 10.2 Å². The predicted molar refractivity (Wildman–Crippen MR) is 102 cm³/mol. The van der Waals surface area contributed by atoms with Crippen molar-refractivity contribution in [3.05, 3.63) is 52.1 Å². The lowest BCUT2D eigenvalue weighted by Gasteiger charge is -2.30. The van der Waals surface area contributed by atoms with Gasteiger partial charge in [-0.05, 0) is 51.7 Å². The third-order valence-corrected chi connectivity index (χ3v) is 4.83. The largest absolute Gasteiger partial charge is 0.373 e. The minimum atomic E-state index is 0.465. The van der Waals surface area contributed by atoms with E-state index in [-0.39, 0.29) is 0 Å². The lowest BCUT2D eigenvalue weighted by Crippen LogP contribution is -2.41. The van der Waals surface area contributed by atoms with Crippen LogP contribution in [0.3, 0.4) is 0 Å². The van der Waals surface area contributed by atoms with Gasteiger partial charge in [-0.15, -0.1) is 0 Å². The van der Waals surface area contributed by atoms with Crippen LogP contribution >= 0.6 is 0 Å². The molecule has 0 aromatic heterocycles. The van der Waals surface area contributed by atoms with E-state index in [1.807, 2.05) is 0 Å². The van der Waals surface area contributed by atoms with Crippen LogP contribution in [0.4, 0.5) is 5.69 Å². The van der Waals surface area contributed by atoms with Gasteiger partial charge in [0.25, 0.3) is 0 Å². The Labute approximate surface area is 142 Å². The van der Waals surface area contributed by atoms with E-state index < -0.39 is 0 Å². The minimum absolute atomic E-state index is 0.465. The SMILES string of the molecule is CC1=CC(C)C(NCCN(C)c2c(C)cc(C)cc2C)C(C)=C1. The van der Waals surface area contributed by atoms with Crippen molar-refractivity contribution >= 4 is 5.69 Å². The van der Waals surface area contributed by atoms with Gasteiger partial charge in [0.2, 0.25) is 0 Å². The smallest absolute Gasteiger partial charge is 0.0423 e. The van der Waals surface area contributed by atoms with E-state index >= 15 is 0 Å². The zero-order chi connectivity index (χ0) is 17.1. The van der Waals surface area contributed by atoms with Gasteiger partial charge in [-0.2, -0.15) is 0 Å². The maximum Gasteiger partial charge on any atom is 0.0423 e. The molecule has 23 heavy (non-hydrogen) atoms. The Morgan fingerprint density at radius 3 is 2.22 bits per heavy atom. The van der Waals surface area contributed by atoms with Crippen molar-refractivity contribution in [1.29, 1.82) is 0 Å². The Morgan fingerprint density at radius 1 is 1.04 bits per heavy atom. The van der Waals surface area contributed by atoms with Gasteiger partial charge in [0.05, 0.1) is 0 Å². The molecule has 0 amide bonds. The Kier molecular flexibility index (Phi) is 5.69. The van der Waals surface area contributed by atoms with Crippen molar-refractivity contribution in [3.63, 3.8) is 0 Å². The van der Waals surface area contributed by atoms with Crippen molar-refractivity contribution in [2.24, 2.45) is 5.92 Å². The Balaban J connectivity index is 1.96. The Bertz CT molecular complexity index is 602. The normalized spacial score (nSPS) is 21.0. The van der Waals surface area contributed by atoms with Gasteiger partial charge < -0.3 is 10.2 Å². The van der Waals surface area contributed by atoms with E-state index in [1.54, 1.807) is 0 Å². The highest BCUT2D eigenvalue weighted by Crippen LogP contribution is 2.25. The second kappa shape index (κ2) is 7.35. The predicted octanol–water partition coefficient (Wildman–Crippen LogP) is 4.55. The fourth-order valence-corrected chi connectivity index (χ4v) is 4.04. The van der Waals surface area contributed by atoms with E-state index in [2.05, 4.69) is 83.1 Å². The average Bonchev–Trinajstić information content (AvgIpc) is 2.40. The first-order chi connectivity index (χ1) is 10.8. The highest BCUT2D eigenvalue weighted by molar-refractivity contribution is 5.59. The summed E-state index contributed by atoms with van der Waals surface area (Å²) >= 11 is 0. The summed E-state index contributed by atoms with van der Waals surface area (Å²) in [6.45, 7) is 15.3. The third-order valence-electron chi connectivity index (χ3n) is 4.83. The van der Waals surface area contributed by atoms with Gasteiger partial charge in [-0.25, -0.2) is 0 Å². The monoisotopic (exact) mass is 312 g/mol. The molecule has 2 heteroatoms. The first-order valence-corrected chi connectivity index (χ1v) is 8.68. The molecule has 0 heterocycles. The molecule has 2 unspecified atom stereocenters. The van der Waals surface area contributed by atoms with Crippen molar-refractivity contribution in [2.45, 2.75) is 47.6 Å². The summed E-state index contributed by atoms with van der Waals surface area (Å²) in [4.78, 5) is 2.38. The number of hydrogen-bond acceptors (Lipinski definition) is 2. The Hall–Kier alpha value is -1.54. The summed E-state index contributed by atoms with van der Waals surface area (Å²) in [5.74, 6) is 0.563. The number of aryl methyl sites for hydroxylation is 3. The molecule has 0 saturated carbocycles. The summed E-state index contributed by atoms with van der Waals surface area (Å²) in [5, 5.41) is 3.74. The van der Waals surface area contributed by atoms with Crippen LogP contribution in [-0.2, 0) is 0 Å². The number of allylic oxidation sites excluding steroid dienone is 2. The molecule has 1 N–H and O–H groups in total. The summed E-state index contributed by atoms with van der Waals surface area (Å²) in [7, 11) is 2.20. The molecule has 126 valence electrons. The maximum atomic E-state index is 3.74. The van der Waals surface area contributed by atoms with Crippen LogP contribution in [0.1, 0.15) is 37.5 Å². The minimum Gasteiger partial charge on any atom is -0.373 e. The van der Waals surface area contributed by atoms with Crippen LogP contribution in [0, 0.1) is 26.7 Å². The van der Waals surface area contributed by atoms with Gasteiger partial charge in [-0.3, -0.25) is 0 Å². The fraction of sp³-hybridized carbons (Fsp3) is 0.524. The second-order valence-corrected chi connectivity index (χ2v) is 7.26. The summed E-state index contributed by atoms with van der Waals surface area (Å²) in [6.07, 6.45) is 4.66. The van der Waals surface area contributed by atoms with Gasteiger partial charge in [0, 0.05) is 31.9 Å². The molecular formula is C21H32N2. The summed E-state index contributed by atoms with van der Waals surface area (Å²) < 4.78 is 0. The van der Waals surface area contributed by atoms with E-state index in [0.717, 1.165) is 13.1 Å². The first-order valence-electron chi connectivity index (χ1n) is 8.68. The number of hydrogen-bond donors (Lipinski definition) is 1.